The smallest absolute Gasteiger partial charge is 0.262 e. The Morgan fingerprint density at radius 1 is 1.17 bits per heavy atom. The zero-order valence-corrected chi connectivity index (χ0v) is 13.3. The van der Waals surface area contributed by atoms with Gasteiger partial charge in [-0.1, -0.05) is 12.1 Å². The van der Waals surface area contributed by atoms with E-state index in [4.69, 9.17) is 4.74 Å². The third-order valence-electron chi connectivity index (χ3n) is 3.07. The highest BCUT2D eigenvalue weighted by Gasteiger charge is 2.20. The highest BCUT2D eigenvalue weighted by atomic mass is 32.2. The maximum atomic E-state index is 13.6. The number of rotatable bonds is 5. The van der Waals surface area contributed by atoms with Crippen LogP contribution in [0.25, 0.3) is 0 Å². The zero-order chi connectivity index (χ0) is 17.0. The molecule has 2 rings (SSSR count). The second-order valence-corrected chi connectivity index (χ2v) is 6.21. The molecule has 23 heavy (non-hydrogen) atoms. The fourth-order valence-corrected chi connectivity index (χ4v) is 3.01. The summed E-state index contributed by atoms with van der Waals surface area (Å²) in [7, 11) is -1.26. The van der Waals surface area contributed by atoms with Crippen LogP contribution in [0.4, 0.5) is 10.1 Å². The molecule has 0 atom stereocenters. The first-order valence-corrected chi connectivity index (χ1v) is 8.05. The molecule has 2 N–H and O–H groups in total. The molecule has 0 aliphatic carbocycles. The molecular weight excluding hydrogens is 323 g/mol. The van der Waals surface area contributed by atoms with Crippen LogP contribution in [0.3, 0.4) is 0 Å². The number of amides is 1. The van der Waals surface area contributed by atoms with Gasteiger partial charge in [0.05, 0.1) is 23.3 Å². The molecular formula is C15H15FN2O4S. The number of ether oxygens (including phenoxy) is 1. The summed E-state index contributed by atoms with van der Waals surface area (Å²) in [6.45, 7) is 0. The summed E-state index contributed by atoms with van der Waals surface area (Å²) in [6, 6.07) is 9.20. The number of nitrogens with one attached hydrogen (secondary N) is 2. The number of anilines is 1. The fourth-order valence-electron chi connectivity index (χ4n) is 1.91. The lowest BCUT2D eigenvalue weighted by atomic mass is 10.2. The second-order valence-electron chi connectivity index (χ2n) is 4.53. The van der Waals surface area contributed by atoms with E-state index in [1.165, 1.54) is 50.6 Å². The standard InChI is InChI=1S/C15H15FN2O4S/c1-17-15(19)11-9-10(7-8-14(11)22-2)23(20,21)18-13-6-4-3-5-12(13)16/h3-9,18H,1-2H3,(H,17,19). The summed E-state index contributed by atoms with van der Waals surface area (Å²) in [6.07, 6.45) is 0. The van der Waals surface area contributed by atoms with E-state index in [0.717, 1.165) is 6.07 Å². The number of hydrogen-bond donors (Lipinski definition) is 2. The molecule has 0 aliphatic heterocycles. The molecule has 1 amide bonds. The van der Waals surface area contributed by atoms with E-state index in [9.17, 15) is 17.6 Å². The Labute approximate surface area is 133 Å². The molecule has 8 heteroatoms. The average Bonchev–Trinajstić information content (AvgIpc) is 2.55. The molecule has 0 unspecified atom stereocenters. The maximum absolute atomic E-state index is 13.6. The number of halogens is 1. The molecule has 0 bridgehead atoms. The molecule has 0 radical (unpaired) electrons. The summed E-state index contributed by atoms with van der Waals surface area (Å²) in [4.78, 5) is 11.6. The van der Waals surface area contributed by atoms with E-state index in [1.807, 2.05) is 0 Å². The van der Waals surface area contributed by atoms with Gasteiger partial charge in [-0.25, -0.2) is 12.8 Å². The Balaban J connectivity index is 2.44. The summed E-state index contributed by atoms with van der Waals surface area (Å²) in [5.74, 6) is -0.963. The fraction of sp³-hybridized carbons (Fsp3) is 0.133. The van der Waals surface area contributed by atoms with Crippen LogP contribution in [-0.4, -0.2) is 28.5 Å². The van der Waals surface area contributed by atoms with Crippen molar-refractivity contribution in [3.05, 3.63) is 53.8 Å². The zero-order valence-electron chi connectivity index (χ0n) is 12.5. The monoisotopic (exact) mass is 338 g/mol. The Morgan fingerprint density at radius 3 is 2.48 bits per heavy atom. The number of methoxy groups -OCH3 is 1. The number of benzene rings is 2. The van der Waals surface area contributed by atoms with Crippen molar-refractivity contribution in [2.75, 3.05) is 18.9 Å². The van der Waals surface area contributed by atoms with Crippen LogP contribution >= 0.6 is 0 Å². The van der Waals surface area contributed by atoms with Crippen molar-refractivity contribution in [3.63, 3.8) is 0 Å². The highest BCUT2D eigenvalue weighted by Crippen LogP contribution is 2.24. The third kappa shape index (κ3) is 3.59. The van der Waals surface area contributed by atoms with Crippen molar-refractivity contribution in [2.24, 2.45) is 0 Å². The Kier molecular flexibility index (Phi) is 4.85. The van der Waals surface area contributed by atoms with Crippen molar-refractivity contribution in [1.82, 2.24) is 5.32 Å². The van der Waals surface area contributed by atoms with Crippen LogP contribution in [0.5, 0.6) is 5.75 Å². The van der Waals surface area contributed by atoms with E-state index < -0.39 is 21.7 Å². The first-order valence-electron chi connectivity index (χ1n) is 6.56. The molecule has 0 aliphatic rings. The van der Waals surface area contributed by atoms with Gasteiger partial charge in [-0.3, -0.25) is 9.52 Å². The number of carbonyl (C=O) groups excluding carboxylic acids is 1. The first-order chi connectivity index (χ1) is 10.9. The minimum Gasteiger partial charge on any atom is -0.496 e. The van der Waals surface area contributed by atoms with E-state index in [0.29, 0.717) is 0 Å². The topological polar surface area (TPSA) is 84.5 Å². The second kappa shape index (κ2) is 6.66. The minimum absolute atomic E-state index is 0.0615. The molecule has 122 valence electrons. The van der Waals surface area contributed by atoms with Gasteiger partial charge >= 0.3 is 0 Å². The van der Waals surface area contributed by atoms with Gasteiger partial charge in [0.1, 0.15) is 11.6 Å². The van der Waals surface area contributed by atoms with E-state index in [-0.39, 0.29) is 21.9 Å². The molecule has 0 spiro atoms. The van der Waals surface area contributed by atoms with E-state index in [1.54, 1.807) is 0 Å². The van der Waals surface area contributed by atoms with Crippen LogP contribution in [0.15, 0.2) is 47.4 Å². The van der Waals surface area contributed by atoms with Gasteiger partial charge in [0.15, 0.2) is 0 Å². The normalized spacial score (nSPS) is 10.9. The van der Waals surface area contributed by atoms with Crippen molar-refractivity contribution in [3.8, 4) is 5.75 Å². The van der Waals surface area contributed by atoms with E-state index >= 15 is 0 Å². The van der Waals surface area contributed by atoms with Crippen LogP contribution in [0.2, 0.25) is 0 Å². The Bertz CT molecular complexity index is 837. The Hall–Kier alpha value is -2.61. The highest BCUT2D eigenvalue weighted by molar-refractivity contribution is 7.92. The lowest BCUT2D eigenvalue weighted by molar-refractivity contribution is 0.0960. The van der Waals surface area contributed by atoms with Crippen LogP contribution in [-0.2, 0) is 10.0 Å². The summed E-state index contributed by atoms with van der Waals surface area (Å²) < 4.78 is 45.5. The van der Waals surface area contributed by atoms with E-state index in [2.05, 4.69) is 10.0 Å². The molecule has 2 aromatic carbocycles. The van der Waals surface area contributed by atoms with Gasteiger partial charge in [-0.05, 0) is 30.3 Å². The molecule has 0 saturated carbocycles. The molecule has 6 nitrogen and oxygen atoms in total. The van der Waals surface area contributed by atoms with Crippen molar-refractivity contribution in [2.45, 2.75) is 4.90 Å². The average molecular weight is 338 g/mol. The molecule has 0 heterocycles. The number of para-hydroxylation sites is 1. The van der Waals surface area contributed by atoms with Gasteiger partial charge in [0.25, 0.3) is 15.9 Å². The van der Waals surface area contributed by atoms with Gasteiger partial charge in [-0.15, -0.1) is 0 Å². The molecule has 0 saturated heterocycles. The van der Waals surface area contributed by atoms with Crippen molar-refractivity contribution >= 4 is 21.6 Å². The van der Waals surface area contributed by atoms with Crippen LogP contribution in [0, 0.1) is 5.82 Å². The third-order valence-corrected chi connectivity index (χ3v) is 4.43. The molecule has 0 aromatic heterocycles. The minimum atomic E-state index is -4.05. The van der Waals surface area contributed by atoms with Gasteiger partial charge in [0, 0.05) is 7.05 Å². The van der Waals surface area contributed by atoms with Gasteiger partial charge in [0.2, 0.25) is 0 Å². The summed E-state index contributed by atoms with van der Waals surface area (Å²) in [5, 5.41) is 2.40. The Morgan fingerprint density at radius 2 is 1.87 bits per heavy atom. The van der Waals surface area contributed by atoms with Crippen molar-refractivity contribution in [1.29, 1.82) is 0 Å². The summed E-state index contributed by atoms with van der Waals surface area (Å²) >= 11 is 0. The van der Waals surface area contributed by atoms with Crippen LogP contribution < -0.4 is 14.8 Å². The lowest BCUT2D eigenvalue weighted by Gasteiger charge is -2.12. The number of hydrogen-bond acceptors (Lipinski definition) is 4. The van der Waals surface area contributed by atoms with Gasteiger partial charge < -0.3 is 10.1 Å². The quantitative estimate of drug-likeness (QED) is 0.873. The first kappa shape index (κ1) is 16.8. The summed E-state index contributed by atoms with van der Waals surface area (Å²) in [5.41, 5.74) is -0.115. The number of sulfonamides is 1. The molecule has 0 fully saturated rings. The van der Waals surface area contributed by atoms with Crippen molar-refractivity contribution < 1.29 is 22.3 Å². The largest absolute Gasteiger partial charge is 0.496 e. The lowest BCUT2D eigenvalue weighted by Crippen LogP contribution is -2.20. The predicted molar refractivity (Wildman–Crippen MR) is 83.6 cm³/mol. The SMILES string of the molecule is CNC(=O)c1cc(S(=O)(=O)Nc2ccccc2F)ccc1OC. The molecule has 2 aromatic rings. The number of carbonyl (C=O) groups is 1. The van der Waals surface area contributed by atoms with Crippen LogP contribution in [0.1, 0.15) is 10.4 Å². The maximum Gasteiger partial charge on any atom is 0.262 e. The predicted octanol–water partition coefficient (Wildman–Crippen LogP) is 1.99. The van der Waals surface area contributed by atoms with Gasteiger partial charge in [-0.2, -0.15) is 0 Å².